The van der Waals surface area contributed by atoms with Crippen molar-refractivity contribution in [1.82, 2.24) is 0 Å². The molecule has 28 heavy (non-hydrogen) atoms. The van der Waals surface area contributed by atoms with Crippen molar-refractivity contribution in [3.63, 3.8) is 0 Å². The lowest BCUT2D eigenvalue weighted by Gasteiger charge is -2.50. The average molecular weight is 364 g/mol. The third-order valence-corrected chi connectivity index (χ3v) is 7.17. The first kappa shape index (κ1) is 17.3. The molecular weight excluding hydrogens is 338 g/mol. The van der Waals surface area contributed by atoms with E-state index < -0.39 is 5.41 Å². The summed E-state index contributed by atoms with van der Waals surface area (Å²) in [6.07, 6.45) is 0. The molecule has 0 fully saturated rings. The molecule has 2 bridgehead atoms. The molecule has 0 atom stereocenters. The molecule has 0 amide bonds. The standard InChI is InChI=1S/C27H25N/c1-14-7-10-17(4)24-20(14)23-21-15(2)8-11-18(5)25(21)27(24,13-28)26-19(6)12-9-16(3)22(23)26/h7-12,23H,1-6H3. The molecule has 138 valence electrons. The van der Waals surface area contributed by atoms with Crippen LogP contribution in [0.5, 0.6) is 0 Å². The van der Waals surface area contributed by atoms with Gasteiger partial charge in [-0.05, 0) is 108 Å². The first-order valence-electron chi connectivity index (χ1n) is 10.1. The highest BCUT2D eigenvalue weighted by atomic mass is 14.6. The van der Waals surface area contributed by atoms with Gasteiger partial charge >= 0.3 is 0 Å². The summed E-state index contributed by atoms with van der Waals surface area (Å²) < 4.78 is 0. The predicted molar refractivity (Wildman–Crippen MR) is 114 cm³/mol. The lowest BCUT2D eigenvalue weighted by atomic mass is 9.50. The van der Waals surface area contributed by atoms with Gasteiger partial charge in [0, 0.05) is 5.92 Å². The largest absolute Gasteiger partial charge is 0.197 e. The van der Waals surface area contributed by atoms with Crippen molar-refractivity contribution in [2.24, 2.45) is 0 Å². The SMILES string of the molecule is Cc1ccc(C)c2c1C1c3c(C)ccc(C)c3C2(C#N)c2c(C)ccc(C)c21. The minimum atomic E-state index is -0.725. The molecule has 0 N–H and O–H groups in total. The van der Waals surface area contributed by atoms with Gasteiger partial charge in [-0.25, -0.2) is 0 Å². The summed E-state index contributed by atoms with van der Waals surface area (Å²) in [5, 5.41) is 10.9. The van der Waals surface area contributed by atoms with Crippen molar-refractivity contribution in [3.8, 4) is 6.07 Å². The maximum Gasteiger partial charge on any atom is 0.134 e. The normalized spacial score (nSPS) is 21.0. The van der Waals surface area contributed by atoms with Crippen LogP contribution in [-0.4, -0.2) is 0 Å². The number of nitriles is 1. The third-order valence-electron chi connectivity index (χ3n) is 7.17. The zero-order valence-corrected chi connectivity index (χ0v) is 17.5. The van der Waals surface area contributed by atoms with Crippen LogP contribution in [-0.2, 0) is 5.41 Å². The topological polar surface area (TPSA) is 23.8 Å². The Hall–Kier alpha value is -2.85. The van der Waals surface area contributed by atoms with Crippen LogP contribution < -0.4 is 0 Å². The number of hydrogen-bond acceptors (Lipinski definition) is 1. The molecule has 1 heteroatoms. The van der Waals surface area contributed by atoms with Crippen molar-refractivity contribution in [3.05, 3.63) is 103 Å². The highest BCUT2D eigenvalue weighted by Crippen LogP contribution is 2.62. The first-order chi connectivity index (χ1) is 13.3. The molecule has 3 aromatic carbocycles. The van der Waals surface area contributed by atoms with Gasteiger partial charge in [0.15, 0.2) is 0 Å². The number of aryl methyl sites for hydroxylation is 6. The summed E-state index contributed by atoms with van der Waals surface area (Å²) >= 11 is 0. The second kappa shape index (κ2) is 5.36. The van der Waals surface area contributed by atoms with E-state index in [0.29, 0.717) is 0 Å². The van der Waals surface area contributed by atoms with E-state index in [9.17, 15) is 5.26 Å². The van der Waals surface area contributed by atoms with Crippen LogP contribution in [0.15, 0.2) is 36.4 Å². The minimum absolute atomic E-state index is 0.218. The maximum atomic E-state index is 10.9. The Morgan fingerprint density at radius 2 is 0.857 bits per heavy atom. The molecular formula is C27H25N. The molecule has 0 heterocycles. The van der Waals surface area contributed by atoms with Crippen molar-refractivity contribution in [1.29, 1.82) is 5.26 Å². The van der Waals surface area contributed by atoms with E-state index in [0.717, 1.165) is 0 Å². The lowest BCUT2D eigenvalue weighted by molar-refractivity contribution is 0.635. The molecule has 0 unspecified atom stereocenters. The van der Waals surface area contributed by atoms with Crippen LogP contribution in [0.4, 0.5) is 0 Å². The Morgan fingerprint density at radius 3 is 1.14 bits per heavy atom. The van der Waals surface area contributed by atoms with Gasteiger partial charge in [0.1, 0.15) is 5.41 Å². The van der Waals surface area contributed by atoms with E-state index in [-0.39, 0.29) is 5.92 Å². The molecule has 0 saturated heterocycles. The van der Waals surface area contributed by atoms with Gasteiger partial charge in [-0.3, -0.25) is 0 Å². The predicted octanol–water partition coefficient (Wildman–Crippen LogP) is 6.20. The van der Waals surface area contributed by atoms with Gasteiger partial charge in [-0.1, -0.05) is 36.4 Å². The second-order valence-electron chi connectivity index (χ2n) is 8.76. The quantitative estimate of drug-likeness (QED) is 0.466. The number of hydrogen-bond donors (Lipinski definition) is 0. The van der Waals surface area contributed by atoms with Gasteiger partial charge in [-0.2, -0.15) is 5.26 Å². The third kappa shape index (κ3) is 1.72. The highest BCUT2D eigenvalue weighted by molar-refractivity contribution is 5.80. The van der Waals surface area contributed by atoms with Crippen LogP contribution in [0.1, 0.15) is 72.7 Å². The smallest absolute Gasteiger partial charge is 0.134 e. The molecule has 0 saturated carbocycles. The fourth-order valence-electron chi connectivity index (χ4n) is 6.08. The van der Waals surface area contributed by atoms with Gasteiger partial charge in [0.2, 0.25) is 0 Å². The Balaban J connectivity index is 2.14. The summed E-state index contributed by atoms with van der Waals surface area (Å²) in [7, 11) is 0. The highest BCUT2D eigenvalue weighted by Gasteiger charge is 2.55. The van der Waals surface area contributed by atoms with Crippen molar-refractivity contribution >= 4 is 0 Å². The minimum Gasteiger partial charge on any atom is -0.197 e. The van der Waals surface area contributed by atoms with Gasteiger partial charge < -0.3 is 0 Å². The summed E-state index contributed by atoms with van der Waals surface area (Å²) in [5.74, 6) is 0.218. The molecule has 0 spiro atoms. The average Bonchev–Trinajstić information content (AvgIpc) is 2.69. The van der Waals surface area contributed by atoms with Crippen molar-refractivity contribution in [2.75, 3.05) is 0 Å². The van der Waals surface area contributed by atoms with Crippen LogP contribution >= 0.6 is 0 Å². The lowest BCUT2D eigenvalue weighted by Crippen LogP contribution is -2.44. The zero-order valence-electron chi connectivity index (χ0n) is 17.5. The molecule has 3 aromatic rings. The first-order valence-corrected chi connectivity index (χ1v) is 10.1. The van der Waals surface area contributed by atoms with Gasteiger partial charge in [0.25, 0.3) is 0 Å². The van der Waals surface area contributed by atoms with E-state index in [4.69, 9.17) is 0 Å². The van der Waals surface area contributed by atoms with Crippen molar-refractivity contribution < 1.29 is 0 Å². The van der Waals surface area contributed by atoms with E-state index in [1.807, 2.05) is 0 Å². The number of nitrogens with zero attached hydrogens (tertiary/aromatic N) is 1. The molecule has 0 radical (unpaired) electrons. The molecule has 0 aromatic heterocycles. The monoisotopic (exact) mass is 363 g/mol. The van der Waals surface area contributed by atoms with Gasteiger partial charge in [-0.15, -0.1) is 0 Å². The fraction of sp³-hybridized carbons (Fsp3) is 0.296. The van der Waals surface area contributed by atoms with Crippen LogP contribution in [0.3, 0.4) is 0 Å². The molecule has 3 aliphatic rings. The Kier molecular flexibility index (Phi) is 3.30. The van der Waals surface area contributed by atoms with E-state index in [2.05, 4.69) is 84.0 Å². The number of rotatable bonds is 0. The maximum absolute atomic E-state index is 10.9. The van der Waals surface area contributed by atoms with E-state index in [1.54, 1.807) is 0 Å². The summed E-state index contributed by atoms with van der Waals surface area (Å²) in [6, 6.07) is 16.2. The second-order valence-corrected chi connectivity index (χ2v) is 8.76. The van der Waals surface area contributed by atoms with Crippen LogP contribution in [0, 0.1) is 52.9 Å². The fourth-order valence-corrected chi connectivity index (χ4v) is 6.08. The molecule has 6 rings (SSSR count). The Morgan fingerprint density at radius 1 is 0.571 bits per heavy atom. The van der Waals surface area contributed by atoms with Crippen LogP contribution in [0.25, 0.3) is 0 Å². The number of benzene rings is 3. The summed E-state index contributed by atoms with van der Waals surface area (Å²) in [4.78, 5) is 0. The Bertz CT molecular complexity index is 1090. The Labute approximate surface area is 167 Å². The van der Waals surface area contributed by atoms with Gasteiger partial charge in [0.05, 0.1) is 6.07 Å². The summed E-state index contributed by atoms with van der Waals surface area (Å²) in [5.41, 5.74) is 14.6. The van der Waals surface area contributed by atoms with E-state index in [1.165, 1.54) is 66.8 Å². The summed E-state index contributed by atoms with van der Waals surface area (Å²) in [6.45, 7) is 13.1. The van der Waals surface area contributed by atoms with Crippen LogP contribution in [0.2, 0.25) is 0 Å². The molecule has 3 aliphatic carbocycles. The van der Waals surface area contributed by atoms with Crippen molar-refractivity contribution in [2.45, 2.75) is 52.9 Å². The van der Waals surface area contributed by atoms with E-state index >= 15 is 0 Å². The molecule has 0 aliphatic heterocycles. The molecule has 1 nitrogen and oxygen atoms in total. The zero-order chi connectivity index (χ0) is 20.0.